The normalized spacial score (nSPS) is 24.9. The van der Waals surface area contributed by atoms with Crippen molar-refractivity contribution in [3.63, 3.8) is 0 Å². The van der Waals surface area contributed by atoms with Crippen molar-refractivity contribution >= 4 is 12.0 Å². The van der Waals surface area contributed by atoms with Gasteiger partial charge in [0.1, 0.15) is 0 Å². The molecule has 0 saturated heterocycles. The van der Waals surface area contributed by atoms with Crippen molar-refractivity contribution in [2.24, 2.45) is 15.4 Å². The molecule has 1 heterocycles. The zero-order chi connectivity index (χ0) is 12.9. The van der Waals surface area contributed by atoms with Crippen LogP contribution in [0.15, 0.2) is 15.4 Å². The maximum Gasteiger partial charge on any atom is 0.342 e. The van der Waals surface area contributed by atoms with Crippen molar-refractivity contribution in [1.29, 1.82) is 0 Å². The third-order valence-corrected chi connectivity index (χ3v) is 4.51. The highest BCUT2D eigenvalue weighted by atomic mass is 16.7. The van der Waals surface area contributed by atoms with Gasteiger partial charge in [0.25, 0.3) is 0 Å². The smallest absolute Gasteiger partial charge is 0.317 e. The molecule has 2 saturated carbocycles. The van der Waals surface area contributed by atoms with E-state index in [1.54, 1.807) is 0 Å². The quantitative estimate of drug-likeness (QED) is 0.766. The van der Waals surface area contributed by atoms with E-state index in [1.165, 1.54) is 64.2 Å². The molecule has 1 aliphatic heterocycles. The van der Waals surface area contributed by atoms with E-state index in [9.17, 15) is 0 Å². The number of amidine groups is 1. The van der Waals surface area contributed by atoms with Gasteiger partial charge in [0.15, 0.2) is 6.01 Å². The van der Waals surface area contributed by atoms with Gasteiger partial charge in [-0.1, -0.05) is 48.7 Å². The van der Waals surface area contributed by atoms with Crippen LogP contribution in [0, 0.1) is 0 Å². The molecule has 0 amide bonds. The van der Waals surface area contributed by atoms with Crippen molar-refractivity contribution in [1.82, 2.24) is 4.90 Å². The van der Waals surface area contributed by atoms with Gasteiger partial charge in [0.05, 0.1) is 0 Å². The third-order valence-electron chi connectivity index (χ3n) is 4.51. The van der Waals surface area contributed by atoms with Crippen LogP contribution in [0.4, 0.5) is 0 Å². The average molecular weight is 262 g/mol. The molecule has 2 aliphatic carbocycles. The summed E-state index contributed by atoms with van der Waals surface area (Å²) in [5.74, 6) is 0. The van der Waals surface area contributed by atoms with E-state index in [1.807, 2.05) is 0 Å². The summed E-state index contributed by atoms with van der Waals surface area (Å²) in [6.45, 7) is 0. The standard InChI is InChI=1S/C14H22N4O/c1-3-7-12(8-4-1)18(13-9-5-2-6-10-13)14-17-15-11-16-19-14/h12-13H,1-10H2. The summed E-state index contributed by atoms with van der Waals surface area (Å²) in [5.41, 5.74) is 0. The van der Waals surface area contributed by atoms with Crippen LogP contribution in [-0.4, -0.2) is 29.0 Å². The fraction of sp³-hybridized carbons (Fsp3) is 0.857. The molecule has 3 rings (SSSR count). The maximum atomic E-state index is 5.34. The second-order valence-electron chi connectivity index (χ2n) is 5.76. The van der Waals surface area contributed by atoms with Gasteiger partial charge >= 0.3 is 6.02 Å². The van der Waals surface area contributed by atoms with Crippen molar-refractivity contribution in [2.45, 2.75) is 76.3 Å². The monoisotopic (exact) mass is 262 g/mol. The van der Waals surface area contributed by atoms with Crippen LogP contribution in [0.5, 0.6) is 0 Å². The van der Waals surface area contributed by atoms with Crippen molar-refractivity contribution in [2.75, 3.05) is 0 Å². The fourth-order valence-electron chi connectivity index (χ4n) is 3.59. The largest absolute Gasteiger partial charge is 0.342 e. The van der Waals surface area contributed by atoms with Gasteiger partial charge in [-0.25, -0.2) is 0 Å². The molecule has 19 heavy (non-hydrogen) atoms. The minimum Gasteiger partial charge on any atom is -0.317 e. The predicted molar refractivity (Wildman–Crippen MR) is 74.0 cm³/mol. The van der Waals surface area contributed by atoms with E-state index < -0.39 is 0 Å². The Kier molecular flexibility index (Phi) is 4.13. The molecule has 5 heteroatoms. The molecule has 0 unspecified atom stereocenters. The molecule has 0 aromatic rings. The van der Waals surface area contributed by atoms with E-state index in [0.29, 0.717) is 18.1 Å². The van der Waals surface area contributed by atoms with Crippen molar-refractivity contribution < 1.29 is 4.84 Å². The van der Waals surface area contributed by atoms with E-state index in [2.05, 4.69) is 26.3 Å². The van der Waals surface area contributed by atoms with Gasteiger partial charge in [0, 0.05) is 12.1 Å². The van der Waals surface area contributed by atoms with Crippen LogP contribution >= 0.6 is 0 Å². The Labute approximate surface area is 114 Å². The second-order valence-corrected chi connectivity index (χ2v) is 5.76. The molecule has 2 fully saturated rings. The summed E-state index contributed by atoms with van der Waals surface area (Å²) in [6.07, 6.45) is 12.9. The first kappa shape index (κ1) is 12.7. The van der Waals surface area contributed by atoms with Crippen LogP contribution in [0.25, 0.3) is 0 Å². The molecule has 0 N–H and O–H groups in total. The lowest BCUT2D eigenvalue weighted by molar-refractivity contribution is 0.112. The Hall–Kier alpha value is -1.35. The molecule has 0 aromatic carbocycles. The molecule has 0 aromatic heterocycles. The van der Waals surface area contributed by atoms with E-state index in [-0.39, 0.29) is 0 Å². The lowest BCUT2D eigenvalue weighted by Gasteiger charge is -2.41. The van der Waals surface area contributed by atoms with E-state index >= 15 is 0 Å². The lowest BCUT2D eigenvalue weighted by Crippen LogP contribution is -2.49. The highest BCUT2D eigenvalue weighted by molar-refractivity contribution is 5.76. The molecule has 5 nitrogen and oxygen atoms in total. The first-order valence-corrected chi connectivity index (χ1v) is 7.63. The van der Waals surface area contributed by atoms with Crippen LogP contribution < -0.4 is 0 Å². The fourth-order valence-corrected chi connectivity index (χ4v) is 3.59. The van der Waals surface area contributed by atoms with Gasteiger partial charge in [-0.15, -0.1) is 0 Å². The van der Waals surface area contributed by atoms with Gasteiger partial charge in [-0.3, -0.25) is 0 Å². The minimum absolute atomic E-state index is 0.555. The summed E-state index contributed by atoms with van der Waals surface area (Å²) >= 11 is 0. The number of hydrogen-bond donors (Lipinski definition) is 0. The molecule has 0 spiro atoms. The van der Waals surface area contributed by atoms with Crippen LogP contribution in [0.1, 0.15) is 64.2 Å². The van der Waals surface area contributed by atoms with Crippen LogP contribution in [0.2, 0.25) is 0 Å². The third kappa shape index (κ3) is 2.98. The zero-order valence-electron chi connectivity index (χ0n) is 11.4. The predicted octanol–water partition coefficient (Wildman–Crippen LogP) is 3.34. The summed E-state index contributed by atoms with van der Waals surface area (Å²) < 4.78 is 0. The summed E-state index contributed by atoms with van der Waals surface area (Å²) in [6, 6.07) is 4.09. The van der Waals surface area contributed by atoms with Gasteiger partial charge in [0.2, 0.25) is 0 Å². The van der Waals surface area contributed by atoms with E-state index in [4.69, 9.17) is 4.84 Å². The highest BCUT2D eigenvalue weighted by Gasteiger charge is 2.33. The molecule has 3 aliphatic rings. The Morgan fingerprint density at radius 1 is 0.895 bits per heavy atom. The Morgan fingerprint density at radius 3 is 1.95 bits per heavy atom. The average Bonchev–Trinajstić information content (AvgIpc) is 2.51. The Morgan fingerprint density at radius 2 is 1.47 bits per heavy atom. The Balaban J connectivity index is 1.77. The minimum atomic E-state index is 0.555. The van der Waals surface area contributed by atoms with Crippen molar-refractivity contribution in [3.8, 4) is 0 Å². The SMILES string of the molecule is C1=NN=C(N(C2CCCCC2)C2CCCCC2)ON=1. The zero-order valence-corrected chi connectivity index (χ0v) is 11.4. The molecular formula is C14H22N4O. The molecule has 104 valence electrons. The molecular weight excluding hydrogens is 240 g/mol. The van der Waals surface area contributed by atoms with E-state index in [0.717, 1.165) is 0 Å². The number of nitrogens with zero attached hydrogens (tertiary/aromatic N) is 4. The summed E-state index contributed by atoms with van der Waals surface area (Å²) in [4.78, 5) is 7.72. The second kappa shape index (κ2) is 6.20. The first-order valence-electron chi connectivity index (χ1n) is 7.63. The van der Waals surface area contributed by atoms with Crippen LogP contribution in [-0.2, 0) is 4.84 Å². The molecule has 0 bridgehead atoms. The van der Waals surface area contributed by atoms with Gasteiger partial charge in [-0.05, 0) is 30.8 Å². The topological polar surface area (TPSA) is 49.5 Å². The van der Waals surface area contributed by atoms with Gasteiger partial charge < -0.3 is 9.74 Å². The highest BCUT2D eigenvalue weighted by Crippen LogP contribution is 2.31. The summed E-state index contributed by atoms with van der Waals surface area (Å²) in [5, 5.41) is 11.6. The number of hydrogen-bond acceptors (Lipinski definition) is 5. The summed E-state index contributed by atoms with van der Waals surface area (Å²) in [7, 11) is 0. The number of rotatable bonds is 2. The lowest BCUT2D eigenvalue weighted by atomic mass is 9.89. The molecule has 0 radical (unpaired) electrons. The maximum absolute atomic E-state index is 5.34. The Bertz CT molecular complexity index is 370. The van der Waals surface area contributed by atoms with Crippen LogP contribution in [0.3, 0.4) is 0 Å². The van der Waals surface area contributed by atoms with Gasteiger partial charge in [-0.2, -0.15) is 0 Å². The van der Waals surface area contributed by atoms with Crippen molar-refractivity contribution in [3.05, 3.63) is 0 Å². The first-order chi connectivity index (χ1) is 9.45. The molecule has 0 atom stereocenters.